The largest absolute Gasteiger partial charge is 0.339 e. The van der Waals surface area contributed by atoms with Crippen molar-refractivity contribution in [1.82, 2.24) is 9.80 Å². The molecule has 0 atom stereocenters. The van der Waals surface area contributed by atoms with Gasteiger partial charge in [0, 0.05) is 31.7 Å². The average Bonchev–Trinajstić information content (AvgIpc) is 3.16. The van der Waals surface area contributed by atoms with E-state index in [1.165, 1.54) is 12.8 Å². The highest BCUT2D eigenvalue weighted by Crippen LogP contribution is 2.26. The number of nitrogens with two attached hydrogens (primary N) is 1. The van der Waals surface area contributed by atoms with Crippen molar-refractivity contribution in [2.45, 2.75) is 58.5 Å². The van der Waals surface area contributed by atoms with Gasteiger partial charge >= 0.3 is 0 Å². The first-order valence-corrected chi connectivity index (χ1v) is 7.41. The summed E-state index contributed by atoms with van der Waals surface area (Å²) in [6, 6.07) is 0.999. The third-order valence-corrected chi connectivity index (χ3v) is 3.86. The van der Waals surface area contributed by atoms with Crippen molar-refractivity contribution in [2.75, 3.05) is 26.2 Å². The topological polar surface area (TPSA) is 49.6 Å². The standard InChI is InChI=1S/C14H29N3O/c1-4-12(5-2)16(10-9-15)11-14(18)17(6-3)13-7-8-13/h12-13H,4-11,15H2,1-3H3. The van der Waals surface area contributed by atoms with Crippen LogP contribution in [0.2, 0.25) is 0 Å². The maximum atomic E-state index is 12.3. The molecule has 1 saturated carbocycles. The molecule has 1 aliphatic rings. The first-order chi connectivity index (χ1) is 8.67. The summed E-state index contributed by atoms with van der Waals surface area (Å²) in [6.45, 7) is 9.25. The van der Waals surface area contributed by atoms with Crippen molar-refractivity contribution < 1.29 is 4.79 Å². The Balaban J connectivity index is 2.55. The van der Waals surface area contributed by atoms with E-state index in [2.05, 4.69) is 25.7 Å². The van der Waals surface area contributed by atoms with Gasteiger partial charge in [0.2, 0.25) is 5.91 Å². The monoisotopic (exact) mass is 255 g/mol. The molecule has 0 aromatic rings. The Morgan fingerprint density at radius 1 is 1.28 bits per heavy atom. The Morgan fingerprint density at radius 2 is 1.89 bits per heavy atom. The van der Waals surface area contributed by atoms with Crippen LogP contribution in [0.1, 0.15) is 46.5 Å². The van der Waals surface area contributed by atoms with Crippen LogP contribution in [0.25, 0.3) is 0 Å². The zero-order valence-corrected chi connectivity index (χ0v) is 12.2. The molecule has 0 aliphatic heterocycles. The molecule has 0 saturated heterocycles. The first kappa shape index (κ1) is 15.4. The highest BCUT2D eigenvalue weighted by atomic mass is 16.2. The van der Waals surface area contributed by atoms with Gasteiger partial charge in [-0.3, -0.25) is 9.69 Å². The van der Waals surface area contributed by atoms with Crippen LogP contribution in [0.5, 0.6) is 0 Å². The summed E-state index contributed by atoms with van der Waals surface area (Å²) in [4.78, 5) is 16.6. The molecule has 4 nitrogen and oxygen atoms in total. The van der Waals surface area contributed by atoms with Gasteiger partial charge < -0.3 is 10.6 Å². The highest BCUT2D eigenvalue weighted by Gasteiger charge is 2.32. The van der Waals surface area contributed by atoms with Gasteiger partial charge in [0.05, 0.1) is 6.54 Å². The van der Waals surface area contributed by atoms with E-state index in [9.17, 15) is 4.79 Å². The van der Waals surface area contributed by atoms with Crippen LogP contribution in [-0.2, 0) is 4.79 Å². The molecule has 1 rings (SSSR count). The number of nitrogens with zero attached hydrogens (tertiary/aromatic N) is 2. The molecule has 4 heteroatoms. The van der Waals surface area contributed by atoms with Crippen LogP contribution in [0.4, 0.5) is 0 Å². The van der Waals surface area contributed by atoms with E-state index in [0.717, 1.165) is 25.9 Å². The fourth-order valence-electron chi connectivity index (χ4n) is 2.65. The van der Waals surface area contributed by atoms with Crippen molar-refractivity contribution in [3.63, 3.8) is 0 Å². The number of carbonyl (C=O) groups is 1. The van der Waals surface area contributed by atoms with Gasteiger partial charge in [-0.15, -0.1) is 0 Å². The van der Waals surface area contributed by atoms with E-state index in [1.54, 1.807) is 0 Å². The molecular formula is C14H29N3O. The smallest absolute Gasteiger partial charge is 0.236 e. The lowest BCUT2D eigenvalue weighted by Crippen LogP contribution is -2.46. The molecule has 1 fully saturated rings. The normalized spacial score (nSPS) is 15.4. The third kappa shape index (κ3) is 4.25. The lowest BCUT2D eigenvalue weighted by molar-refractivity contribution is -0.133. The van der Waals surface area contributed by atoms with Crippen molar-refractivity contribution in [3.8, 4) is 0 Å². The second-order valence-electron chi connectivity index (χ2n) is 5.14. The molecule has 0 spiro atoms. The molecule has 0 radical (unpaired) electrons. The SMILES string of the molecule is CCC(CC)N(CCN)CC(=O)N(CC)C1CC1. The van der Waals surface area contributed by atoms with Gasteiger partial charge in [-0.2, -0.15) is 0 Å². The summed E-state index contributed by atoms with van der Waals surface area (Å²) < 4.78 is 0. The van der Waals surface area contributed by atoms with Crippen LogP contribution >= 0.6 is 0 Å². The lowest BCUT2D eigenvalue weighted by Gasteiger charge is -2.31. The van der Waals surface area contributed by atoms with Crippen molar-refractivity contribution in [3.05, 3.63) is 0 Å². The molecule has 18 heavy (non-hydrogen) atoms. The number of rotatable bonds is 9. The number of hydrogen-bond donors (Lipinski definition) is 1. The Morgan fingerprint density at radius 3 is 2.28 bits per heavy atom. The Hall–Kier alpha value is -0.610. The summed E-state index contributed by atoms with van der Waals surface area (Å²) in [5, 5.41) is 0. The minimum absolute atomic E-state index is 0.278. The quantitative estimate of drug-likeness (QED) is 0.678. The molecule has 0 unspecified atom stereocenters. The highest BCUT2D eigenvalue weighted by molar-refractivity contribution is 5.79. The molecule has 1 aliphatic carbocycles. The minimum atomic E-state index is 0.278. The predicted octanol–water partition coefficient (Wildman–Crippen LogP) is 1.45. The second kappa shape index (κ2) is 7.74. The second-order valence-corrected chi connectivity index (χ2v) is 5.14. The number of carbonyl (C=O) groups excluding carboxylic acids is 1. The van der Waals surface area contributed by atoms with Gasteiger partial charge in [-0.1, -0.05) is 13.8 Å². The Bertz CT molecular complexity index is 249. The average molecular weight is 255 g/mol. The first-order valence-electron chi connectivity index (χ1n) is 7.41. The summed E-state index contributed by atoms with van der Waals surface area (Å²) >= 11 is 0. The molecule has 0 bridgehead atoms. The van der Waals surface area contributed by atoms with Crippen LogP contribution in [0.3, 0.4) is 0 Å². The number of amides is 1. The van der Waals surface area contributed by atoms with Crippen molar-refractivity contribution in [2.24, 2.45) is 5.73 Å². The van der Waals surface area contributed by atoms with Gasteiger partial charge in [-0.25, -0.2) is 0 Å². The Labute approximate surface area is 111 Å². The van der Waals surface area contributed by atoms with Gasteiger partial charge in [0.1, 0.15) is 0 Å². The summed E-state index contributed by atoms with van der Waals surface area (Å²) in [5.74, 6) is 0.278. The summed E-state index contributed by atoms with van der Waals surface area (Å²) in [7, 11) is 0. The van der Waals surface area contributed by atoms with E-state index in [0.29, 0.717) is 25.2 Å². The van der Waals surface area contributed by atoms with Crippen molar-refractivity contribution >= 4 is 5.91 Å². The maximum Gasteiger partial charge on any atom is 0.236 e. The van der Waals surface area contributed by atoms with Crippen LogP contribution < -0.4 is 5.73 Å². The molecular weight excluding hydrogens is 226 g/mol. The zero-order chi connectivity index (χ0) is 13.5. The van der Waals surface area contributed by atoms with E-state index in [4.69, 9.17) is 5.73 Å². The van der Waals surface area contributed by atoms with Gasteiger partial charge in [0.15, 0.2) is 0 Å². The van der Waals surface area contributed by atoms with Crippen molar-refractivity contribution in [1.29, 1.82) is 0 Å². The van der Waals surface area contributed by atoms with E-state index in [1.807, 2.05) is 4.90 Å². The fourth-order valence-corrected chi connectivity index (χ4v) is 2.65. The zero-order valence-electron chi connectivity index (χ0n) is 12.2. The third-order valence-electron chi connectivity index (χ3n) is 3.86. The van der Waals surface area contributed by atoms with Crippen LogP contribution in [0, 0.1) is 0 Å². The van der Waals surface area contributed by atoms with E-state index >= 15 is 0 Å². The summed E-state index contributed by atoms with van der Waals surface area (Å²) in [5.41, 5.74) is 5.67. The molecule has 106 valence electrons. The predicted molar refractivity (Wildman–Crippen MR) is 75.4 cm³/mol. The molecule has 0 aromatic carbocycles. The van der Waals surface area contributed by atoms with Gasteiger partial charge in [-0.05, 0) is 32.6 Å². The maximum absolute atomic E-state index is 12.3. The van der Waals surface area contributed by atoms with Crippen LogP contribution in [0.15, 0.2) is 0 Å². The van der Waals surface area contributed by atoms with Gasteiger partial charge in [0.25, 0.3) is 0 Å². The fraction of sp³-hybridized carbons (Fsp3) is 0.929. The molecule has 2 N–H and O–H groups in total. The lowest BCUT2D eigenvalue weighted by atomic mass is 10.1. The molecule has 1 amide bonds. The Kier molecular flexibility index (Phi) is 6.65. The molecule has 0 aromatic heterocycles. The number of likely N-dealkylation sites (N-methyl/N-ethyl adjacent to an activating group) is 1. The number of hydrogen-bond acceptors (Lipinski definition) is 3. The summed E-state index contributed by atoms with van der Waals surface area (Å²) in [6.07, 6.45) is 4.53. The van der Waals surface area contributed by atoms with E-state index < -0.39 is 0 Å². The molecule has 0 heterocycles. The van der Waals surface area contributed by atoms with E-state index in [-0.39, 0.29) is 5.91 Å². The minimum Gasteiger partial charge on any atom is -0.339 e. The van der Waals surface area contributed by atoms with Crippen LogP contribution in [-0.4, -0.2) is 54.0 Å².